The van der Waals surface area contributed by atoms with Crippen molar-refractivity contribution in [3.63, 3.8) is 0 Å². The lowest BCUT2D eigenvalue weighted by Gasteiger charge is -2.27. The maximum Gasteiger partial charge on any atom is 0.141 e. The first kappa shape index (κ1) is 13.5. The third-order valence-corrected chi connectivity index (χ3v) is 3.69. The maximum atomic E-state index is 9.50. The SMILES string of the molecule is CCCn1ncnc1CN1CCCCCC1CO. The molecule has 0 saturated carbocycles. The molecule has 18 heavy (non-hydrogen) atoms. The number of aryl methyl sites for hydroxylation is 1. The Morgan fingerprint density at radius 3 is 3.06 bits per heavy atom. The van der Waals surface area contributed by atoms with Gasteiger partial charge in [0.2, 0.25) is 0 Å². The van der Waals surface area contributed by atoms with Crippen molar-refractivity contribution >= 4 is 0 Å². The van der Waals surface area contributed by atoms with E-state index in [4.69, 9.17) is 0 Å². The van der Waals surface area contributed by atoms with Crippen molar-refractivity contribution in [3.8, 4) is 0 Å². The zero-order valence-corrected chi connectivity index (χ0v) is 11.3. The molecule has 0 aromatic carbocycles. The van der Waals surface area contributed by atoms with Crippen molar-refractivity contribution in [2.45, 2.75) is 58.2 Å². The smallest absolute Gasteiger partial charge is 0.141 e. The van der Waals surface area contributed by atoms with Crippen LogP contribution in [0.4, 0.5) is 0 Å². The summed E-state index contributed by atoms with van der Waals surface area (Å²) in [6, 6.07) is 0.291. The zero-order valence-electron chi connectivity index (χ0n) is 11.3. The fraction of sp³-hybridized carbons (Fsp3) is 0.846. The van der Waals surface area contributed by atoms with Crippen molar-refractivity contribution in [2.75, 3.05) is 13.2 Å². The van der Waals surface area contributed by atoms with E-state index >= 15 is 0 Å². The number of likely N-dealkylation sites (tertiary alicyclic amines) is 1. The van der Waals surface area contributed by atoms with Crippen LogP contribution in [-0.2, 0) is 13.1 Å². The molecule has 0 bridgehead atoms. The van der Waals surface area contributed by atoms with E-state index in [1.165, 1.54) is 19.3 Å². The van der Waals surface area contributed by atoms with Gasteiger partial charge in [-0.1, -0.05) is 19.8 Å². The Kier molecular flexibility index (Phi) is 5.13. The van der Waals surface area contributed by atoms with Gasteiger partial charge in [-0.3, -0.25) is 4.90 Å². The van der Waals surface area contributed by atoms with Gasteiger partial charge in [0.15, 0.2) is 0 Å². The van der Waals surface area contributed by atoms with E-state index in [1.54, 1.807) is 6.33 Å². The Hall–Kier alpha value is -0.940. The van der Waals surface area contributed by atoms with Gasteiger partial charge >= 0.3 is 0 Å². The predicted octanol–water partition coefficient (Wildman–Crippen LogP) is 1.43. The lowest BCUT2D eigenvalue weighted by Crippen LogP contribution is -2.37. The molecule has 0 spiro atoms. The first-order chi connectivity index (χ1) is 8.85. The molecule has 1 aromatic rings. The van der Waals surface area contributed by atoms with Crippen LogP contribution in [0.2, 0.25) is 0 Å². The molecule has 1 aromatic heterocycles. The Labute approximate surface area is 109 Å². The Morgan fingerprint density at radius 2 is 2.28 bits per heavy atom. The monoisotopic (exact) mass is 252 g/mol. The number of aliphatic hydroxyl groups is 1. The highest BCUT2D eigenvalue weighted by Gasteiger charge is 2.21. The first-order valence-corrected chi connectivity index (χ1v) is 7.06. The molecule has 1 N–H and O–H groups in total. The lowest BCUT2D eigenvalue weighted by molar-refractivity contribution is 0.114. The largest absolute Gasteiger partial charge is 0.395 e. The van der Waals surface area contributed by atoms with Crippen LogP contribution in [0.3, 0.4) is 0 Å². The molecule has 2 rings (SSSR count). The normalized spacial score (nSPS) is 22.0. The number of nitrogens with zero attached hydrogens (tertiary/aromatic N) is 4. The van der Waals surface area contributed by atoms with Gasteiger partial charge in [0.25, 0.3) is 0 Å². The summed E-state index contributed by atoms with van der Waals surface area (Å²) in [7, 11) is 0. The topological polar surface area (TPSA) is 54.2 Å². The van der Waals surface area contributed by atoms with Crippen molar-refractivity contribution < 1.29 is 5.11 Å². The molecule has 0 aliphatic carbocycles. The third-order valence-electron chi connectivity index (χ3n) is 3.69. The van der Waals surface area contributed by atoms with E-state index in [2.05, 4.69) is 21.9 Å². The highest BCUT2D eigenvalue weighted by Crippen LogP contribution is 2.18. The summed E-state index contributed by atoms with van der Waals surface area (Å²) in [5.41, 5.74) is 0. The summed E-state index contributed by atoms with van der Waals surface area (Å²) in [4.78, 5) is 6.72. The van der Waals surface area contributed by atoms with Crippen LogP contribution in [0.5, 0.6) is 0 Å². The van der Waals surface area contributed by atoms with E-state index in [9.17, 15) is 5.11 Å². The van der Waals surface area contributed by atoms with Crippen molar-refractivity contribution in [1.82, 2.24) is 19.7 Å². The summed E-state index contributed by atoms with van der Waals surface area (Å²) >= 11 is 0. The summed E-state index contributed by atoms with van der Waals surface area (Å²) in [6.45, 7) is 5.19. The average Bonchev–Trinajstić information content (AvgIpc) is 2.68. The van der Waals surface area contributed by atoms with E-state index < -0.39 is 0 Å². The third kappa shape index (κ3) is 3.29. The van der Waals surface area contributed by atoms with Crippen LogP contribution in [0.15, 0.2) is 6.33 Å². The number of aromatic nitrogens is 3. The molecule has 5 nitrogen and oxygen atoms in total. The van der Waals surface area contributed by atoms with Gasteiger partial charge < -0.3 is 5.11 Å². The summed E-state index contributed by atoms with van der Waals surface area (Å²) in [5.74, 6) is 1.03. The Morgan fingerprint density at radius 1 is 1.39 bits per heavy atom. The molecule has 2 heterocycles. The van der Waals surface area contributed by atoms with Gasteiger partial charge in [-0.2, -0.15) is 5.10 Å². The second kappa shape index (κ2) is 6.85. The molecule has 1 unspecified atom stereocenters. The minimum Gasteiger partial charge on any atom is -0.395 e. The van der Waals surface area contributed by atoms with Crippen LogP contribution < -0.4 is 0 Å². The summed E-state index contributed by atoms with van der Waals surface area (Å²) < 4.78 is 1.99. The van der Waals surface area contributed by atoms with Gasteiger partial charge in [0, 0.05) is 12.6 Å². The van der Waals surface area contributed by atoms with Crippen molar-refractivity contribution in [2.24, 2.45) is 0 Å². The molecular weight excluding hydrogens is 228 g/mol. The molecule has 1 aliphatic heterocycles. The van der Waals surface area contributed by atoms with Gasteiger partial charge in [0.05, 0.1) is 13.2 Å². The summed E-state index contributed by atoms with van der Waals surface area (Å²) in [5, 5.41) is 13.8. The standard InChI is InChI=1S/C13H24N4O/c1-2-7-17-13(14-11-15-17)9-16-8-5-3-4-6-12(16)10-18/h11-12,18H,2-10H2,1H3. The molecular formula is C13H24N4O. The van der Waals surface area contributed by atoms with Crippen LogP contribution in [0, 0.1) is 0 Å². The number of hydrogen-bond donors (Lipinski definition) is 1. The summed E-state index contributed by atoms with van der Waals surface area (Å²) in [6.07, 6.45) is 7.52. The number of hydrogen-bond acceptors (Lipinski definition) is 4. The molecule has 1 fully saturated rings. The van der Waals surface area contributed by atoms with Gasteiger partial charge in [0.1, 0.15) is 12.2 Å². The molecule has 1 saturated heterocycles. The number of aliphatic hydroxyl groups excluding tert-OH is 1. The second-order valence-corrected chi connectivity index (χ2v) is 5.06. The highest BCUT2D eigenvalue weighted by molar-refractivity contribution is 4.87. The van der Waals surface area contributed by atoms with Crippen LogP contribution in [0.1, 0.15) is 44.9 Å². The Bertz CT molecular complexity index is 353. The second-order valence-electron chi connectivity index (χ2n) is 5.06. The van der Waals surface area contributed by atoms with Crippen LogP contribution in [0.25, 0.3) is 0 Å². The molecule has 102 valence electrons. The van der Waals surface area contributed by atoms with E-state index in [0.29, 0.717) is 6.04 Å². The highest BCUT2D eigenvalue weighted by atomic mass is 16.3. The van der Waals surface area contributed by atoms with Crippen molar-refractivity contribution in [1.29, 1.82) is 0 Å². The fourth-order valence-electron chi connectivity index (χ4n) is 2.64. The van der Waals surface area contributed by atoms with E-state index in [0.717, 1.165) is 38.3 Å². The van der Waals surface area contributed by atoms with Crippen LogP contribution in [-0.4, -0.2) is 44.0 Å². The minimum atomic E-state index is 0.252. The molecule has 0 amide bonds. The molecule has 0 radical (unpaired) electrons. The van der Waals surface area contributed by atoms with Gasteiger partial charge in [-0.05, 0) is 25.8 Å². The lowest BCUT2D eigenvalue weighted by atomic mass is 10.1. The van der Waals surface area contributed by atoms with E-state index in [1.807, 2.05) is 4.68 Å². The van der Waals surface area contributed by atoms with Gasteiger partial charge in [-0.25, -0.2) is 9.67 Å². The maximum absolute atomic E-state index is 9.50. The number of rotatable bonds is 5. The quantitative estimate of drug-likeness (QED) is 0.861. The van der Waals surface area contributed by atoms with E-state index in [-0.39, 0.29) is 6.61 Å². The molecule has 1 aliphatic rings. The average molecular weight is 252 g/mol. The van der Waals surface area contributed by atoms with Gasteiger partial charge in [-0.15, -0.1) is 0 Å². The van der Waals surface area contributed by atoms with Crippen LogP contribution >= 0.6 is 0 Å². The molecule has 1 atom stereocenters. The fourth-order valence-corrected chi connectivity index (χ4v) is 2.64. The Balaban J connectivity index is 2.03. The van der Waals surface area contributed by atoms with Crippen molar-refractivity contribution in [3.05, 3.63) is 12.2 Å². The predicted molar refractivity (Wildman–Crippen MR) is 70.1 cm³/mol. The zero-order chi connectivity index (χ0) is 12.8. The first-order valence-electron chi connectivity index (χ1n) is 7.06. The minimum absolute atomic E-state index is 0.252. The molecule has 5 heteroatoms.